The van der Waals surface area contributed by atoms with Crippen molar-refractivity contribution >= 4 is 29.3 Å². The van der Waals surface area contributed by atoms with Gasteiger partial charge in [0.25, 0.3) is 5.56 Å². The fraction of sp³-hybridized carbons (Fsp3) is 0.556. The van der Waals surface area contributed by atoms with E-state index < -0.39 is 71.7 Å². The second-order valence-electron chi connectivity index (χ2n) is 5.67. The van der Waals surface area contributed by atoms with E-state index in [1.54, 1.807) is 0 Å². The van der Waals surface area contributed by atoms with E-state index in [0.29, 0.717) is 4.57 Å². The van der Waals surface area contributed by atoms with Crippen molar-refractivity contribution < 1.29 is 61.4 Å². The van der Waals surface area contributed by atoms with Gasteiger partial charge in [0.05, 0.1) is 6.61 Å². The Morgan fingerprint density at radius 2 is 1.67 bits per heavy atom. The van der Waals surface area contributed by atoms with Crippen molar-refractivity contribution in [3.8, 4) is 0 Å². The highest BCUT2D eigenvalue weighted by Crippen LogP contribution is 2.66. The summed E-state index contributed by atoms with van der Waals surface area (Å²) in [6, 6.07) is 0.781. The number of nitrogens with two attached hydrogens (primary N) is 1. The summed E-state index contributed by atoms with van der Waals surface area (Å²) < 4.78 is 50.5. The number of nitrogens with zero attached hydrogens (tertiary/aromatic N) is 1. The average molecular weight is 499 g/mol. The minimum absolute atomic E-state index is 0.450. The van der Waals surface area contributed by atoms with Gasteiger partial charge in [-0.25, -0.2) is 18.5 Å². The third kappa shape index (κ3) is 6.38. The zero-order valence-corrected chi connectivity index (χ0v) is 17.0. The maximum absolute atomic E-state index is 11.9. The van der Waals surface area contributed by atoms with Crippen molar-refractivity contribution in [2.45, 2.75) is 24.5 Å². The molecular weight excluding hydrogens is 483 g/mol. The molecule has 9 N–H and O–H groups in total. The molecule has 2 unspecified atom stereocenters. The lowest BCUT2D eigenvalue weighted by Gasteiger charge is -2.19. The summed E-state index contributed by atoms with van der Waals surface area (Å²) >= 11 is 0. The second kappa shape index (κ2) is 8.72. The summed E-state index contributed by atoms with van der Waals surface area (Å²) in [5.41, 5.74) is 3.55. The Labute approximate surface area is 164 Å². The molecule has 2 heterocycles. The molecule has 0 aromatic carbocycles. The lowest BCUT2D eigenvalue weighted by Crippen LogP contribution is -2.39. The maximum atomic E-state index is 11.9. The fourth-order valence-corrected chi connectivity index (χ4v) is 5.37. The maximum Gasteiger partial charge on any atom is 0.490 e. The van der Waals surface area contributed by atoms with Gasteiger partial charge in [0.1, 0.15) is 24.1 Å². The fourth-order valence-electron chi connectivity index (χ4n) is 2.34. The molecule has 1 aromatic rings. The predicted octanol–water partition coefficient (Wildman–Crippen LogP) is -2.92. The number of H-pyrrole nitrogens is 1. The van der Waals surface area contributed by atoms with Crippen LogP contribution in [0.3, 0.4) is 0 Å². The quantitative estimate of drug-likeness (QED) is 0.166. The van der Waals surface area contributed by atoms with Crippen LogP contribution in [0.5, 0.6) is 0 Å². The molecule has 0 radical (unpaired) electrons. The number of ether oxygens (including phenoxy) is 1. The number of hydrogen-bond acceptors (Lipinski definition) is 12. The SMILES string of the molecule is Nc1cc(=O)[nH]c(=O)n1[C@@H]1O[C@H](COP(=O)(O)OP(=O)(O)OP(=O)(O)O)[C@@H](O)[C@H]1O. The summed E-state index contributed by atoms with van der Waals surface area (Å²) in [6.07, 6.45) is -6.99. The van der Waals surface area contributed by atoms with Gasteiger partial charge in [-0.15, -0.1) is 0 Å². The van der Waals surface area contributed by atoms with Crippen LogP contribution < -0.4 is 17.0 Å². The highest BCUT2D eigenvalue weighted by molar-refractivity contribution is 7.66. The molecule has 18 nitrogen and oxygen atoms in total. The number of nitrogen functional groups attached to an aromatic ring is 1. The van der Waals surface area contributed by atoms with Crippen LogP contribution in [0.25, 0.3) is 0 Å². The monoisotopic (exact) mass is 499 g/mol. The number of nitrogens with one attached hydrogen (secondary N) is 1. The molecule has 0 spiro atoms. The average Bonchev–Trinajstić information content (AvgIpc) is 2.77. The topological polar surface area (TPSA) is 290 Å². The first-order chi connectivity index (χ1) is 13.5. The Morgan fingerprint density at radius 1 is 1.07 bits per heavy atom. The highest BCUT2D eigenvalue weighted by Gasteiger charge is 2.47. The summed E-state index contributed by atoms with van der Waals surface area (Å²) in [7, 11) is -16.8. The van der Waals surface area contributed by atoms with Gasteiger partial charge in [0, 0.05) is 6.07 Å². The molecule has 0 amide bonds. The van der Waals surface area contributed by atoms with E-state index in [1.165, 1.54) is 0 Å². The molecule has 30 heavy (non-hydrogen) atoms. The zero-order chi connectivity index (χ0) is 23.1. The van der Waals surface area contributed by atoms with Gasteiger partial charge in [-0.2, -0.15) is 8.62 Å². The minimum atomic E-state index is -5.75. The van der Waals surface area contributed by atoms with Gasteiger partial charge in [-0.1, -0.05) is 0 Å². The number of aliphatic hydroxyl groups excluding tert-OH is 2. The largest absolute Gasteiger partial charge is 0.490 e. The van der Waals surface area contributed by atoms with Crippen LogP contribution in [0.2, 0.25) is 0 Å². The molecule has 2 rings (SSSR count). The second-order valence-corrected chi connectivity index (χ2v) is 10.1. The van der Waals surface area contributed by atoms with E-state index in [1.807, 2.05) is 4.98 Å². The zero-order valence-electron chi connectivity index (χ0n) is 14.3. The Hall–Kier alpha value is -1.23. The molecule has 21 heteroatoms. The number of aliphatic hydroxyl groups is 2. The number of aromatic amines is 1. The summed E-state index contributed by atoms with van der Waals surface area (Å²) in [4.78, 5) is 60.2. The molecule has 1 aliphatic rings. The van der Waals surface area contributed by atoms with E-state index in [-0.39, 0.29) is 0 Å². The molecule has 1 fully saturated rings. The van der Waals surface area contributed by atoms with E-state index in [0.717, 1.165) is 6.07 Å². The van der Waals surface area contributed by atoms with Gasteiger partial charge in [-0.3, -0.25) is 18.9 Å². The van der Waals surface area contributed by atoms with Gasteiger partial charge in [-0.05, 0) is 0 Å². The first-order valence-electron chi connectivity index (χ1n) is 7.43. The van der Waals surface area contributed by atoms with E-state index >= 15 is 0 Å². The molecule has 1 aromatic heterocycles. The van der Waals surface area contributed by atoms with Crippen molar-refractivity contribution in [1.29, 1.82) is 0 Å². The Morgan fingerprint density at radius 3 is 2.20 bits per heavy atom. The molecule has 1 saturated heterocycles. The molecule has 6 atom stereocenters. The first-order valence-corrected chi connectivity index (χ1v) is 11.9. The van der Waals surface area contributed by atoms with Crippen molar-refractivity contribution in [3.05, 3.63) is 26.9 Å². The Kier molecular flexibility index (Phi) is 7.28. The van der Waals surface area contributed by atoms with Crippen LogP contribution in [-0.2, 0) is 31.6 Å². The number of phosphoric ester groups is 1. The Bertz CT molecular complexity index is 1050. The number of hydrogen-bond donors (Lipinski definition) is 8. The van der Waals surface area contributed by atoms with E-state index in [4.69, 9.17) is 25.2 Å². The van der Waals surface area contributed by atoms with Crippen LogP contribution in [0, 0.1) is 0 Å². The van der Waals surface area contributed by atoms with Crippen molar-refractivity contribution in [3.63, 3.8) is 0 Å². The van der Waals surface area contributed by atoms with Crippen LogP contribution >= 0.6 is 23.5 Å². The van der Waals surface area contributed by atoms with E-state index in [9.17, 15) is 38.4 Å². The molecule has 0 bridgehead atoms. The Balaban J connectivity index is 2.11. The first kappa shape index (κ1) is 25.0. The van der Waals surface area contributed by atoms with Gasteiger partial charge in [0.2, 0.25) is 0 Å². The molecule has 0 aliphatic carbocycles. The summed E-state index contributed by atoms with van der Waals surface area (Å²) in [5.74, 6) is -0.450. The standard InChI is InChI=1S/C9H16N3O15P3/c10-4-1-5(13)11-9(16)12(4)8-7(15)6(14)3(25-8)2-24-29(20,21)27-30(22,23)26-28(17,18)19/h1,3,6-8,14-15H,2,10H2,(H,20,21)(H,22,23)(H,11,13,16)(H2,17,18,19)/t3-,6-,7-,8-/m1/s1. The van der Waals surface area contributed by atoms with Crippen LogP contribution in [0.4, 0.5) is 5.82 Å². The van der Waals surface area contributed by atoms with Crippen molar-refractivity contribution in [2.24, 2.45) is 0 Å². The normalized spacial score (nSPS) is 28.7. The minimum Gasteiger partial charge on any atom is -0.387 e. The lowest BCUT2D eigenvalue weighted by molar-refractivity contribution is -0.0531. The smallest absolute Gasteiger partial charge is 0.387 e. The van der Waals surface area contributed by atoms with Crippen LogP contribution in [0.1, 0.15) is 6.23 Å². The summed E-state index contributed by atoms with van der Waals surface area (Å²) in [6.45, 7) is -1.09. The third-order valence-electron chi connectivity index (χ3n) is 3.42. The molecule has 0 saturated carbocycles. The number of anilines is 1. The van der Waals surface area contributed by atoms with Gasteiger partial charge < -0.3 is 40.3 Å². The van der Waals surface area contributed by atoms with Gasteiger partial charge in [0.15, 0.2) is 6.23 Å². The number of rotatable bonds is 8. The molecular formula is C9H16N3O15P3. The summed E-state index contributed by atoms with van der Waals surface area (Å²) in [5, 5.41) is 20.0. The molecule has 172 valence electrons. The van der Waals surface area contributed by atoms with Crippen molar-refractivity contribution in [1.82, 2.24) is 9.55 Å². The number of aromatic nitrogens is 2. The van der Waals surface area contributed by atoms with Crippen molar-refractivity contribution in [2.75, 3.05) is 12.3 Å². The number of phosphoric acid groups is 3. The van der Waals surface area contributed by atoms with Crippen LogP contribution in [-0.4, -0.2) is 64.3 Å². The lowest BCUT2D eigenvalue weighted by atomic mass is 10.1. The molecule has 1 aliphatic heterocycles. The highest BCUT2D eigenvalue weighted by atomic mass is 31.3. The van der Waals surface area contributed by atoms with E-state index in [2.05, 4.69) is 13.1 Å². The third-order valence-corrected chi connectivity index (χ3v) is 7.22. The predicted molar refractivity (Wildman–Crippen MR) is 91.5 cm³/mol. The van der Waals surface area contributed by atoms with Gasteiger partial charge >= 0.3 is 29.2 Å². The van der Waals surface area contributed by atoms with Crippen LogP contribution in [0.15, 0.2) is 15.7 Å².